The van der Waals surface area contributed by atoms with Crippen LogP contribution in [0, 0.1) is 25.2 Å². The molecule has 0 unspecified atom stereocenters. The Balaban J connectivity index is 2.00. The molecule has 7 heteroatoms. The van der Waals surface area contributed by atoms with Gasteiger partial charge < -0.3 is 0 Å². The largest absolute Gasteiger partial charge is 0.234 e. The quantitative estimate of drug-likeness (QED) is 0.743. The number of benzene rings is 1. The van der Waals surface area contributed by atoms with Gasteiger partial charge in [-0.05, 0) is 25.5 Å². The van der Waals surface area contributed by atoms with Crippen LogP contribution in [0.2, 0.25) is 0 Å². The van der Waals surface area contributed by atoms with Crippen molar-refractivity contribution < 1.29 is 0 Å². The van der Waals surface area contributed by atoms with Crippen LogP contribution < -0.4 is 0 Å². The summed E-state index contributed by atoms with van der Waals surface area (Å²) in [5.74, 6) is 0. The smallest absolute Gasteiger partial charge is 0.191 e. The van der Waals surface area contributed by atoms with Gasteiger partial charge in [-0.3, -0.25) is 0 Å². The molecule has 6 nitrogen and oxygen atoms in total. The van der Waals surface area contributed by atoms with Gasteiger partial charge in [0.25, 0.3) is 0 Å². The van der Waals surface area contributed by atoms with Crippen molar-refractivity contribution in [1.82, 2.24) is 25.2 Å². The molecular formula is C15H12N6S. The van der Waals surface area contributed by atoms with Gasteiger partial charge in [0.05, 0.1) is 0 Å². The number of nitriles is 1. The molecule has 0 fully saturated rings. The monoisotopic (exact) mass is 308 g/mol. The lowest BCUT2D eigenvalue weighted by Crippen LogP contribution is -1.99. The van der Waals surface area contributed by atoms with Crippen molar-refractivity contribution >= 4 is 23.5 Å². The second-order valence-electron chi connectivity index (χ2n) is 4.69. The fraction of sp³-hybridized carbons (Fsp3) is 0.133. The molecular weight excluding hydrogens is 296 g/mol. The second-order valence-corrected chi connectivity index (χ2v) is 5.85. The van der Waals surface area contributed by atoms with Gasteiger partial charge in [-0.1, -0.05) is 52.5 Å². The van der Waals surface area contributed by atoms with Crippen LogP contribution in [0.15, 0.2) is 24.3 Å². The third-order valence-corrected chi connectivity index (χ3v) is 3.83. The summed E-state index contributed by atoms with van der Waals surface area (Å²) in [4.78, 5) is 0. The van der Waals surface area contributed by atoms with E-state index in [0.29, 0.717) is 10.8 Å². The van der Waals surface area contributed by atoms with Gasteiger partial charge in [0.15, 0.2) is 5.69 Å². The van der Waals surface area contributed by atoms with Crippen molar-refractivity contribution in [3.8, 4) is 11.2 Å². The van der Waals surface area contributed by atoms with Crippen molar-refractivity contribution in [2.45, 2.75) is 13.8 Å². The molecule has 108 valence electrons. The lowest BCUT2D eigenvalue weighted by molar-refractivity contribution is 0.778. The first kappa shape index (κ1) is 14.1. The van der Waals surface area contributed by atoms with Gasteiger partial charge in [-0.2, -0.15) is 9.94 Å². The third-order valence-electron chi connectivity index (χ3n) is 3.02. The number of aromatic nitrogens is 5. The van der Waals surface area contributed by atoms with E-state index in [2.05, 4.69) is 20.5 Å². The molecule has 0 aliphatic heterocycles. The lowest BCUT2D eigenvalue weighted by Gasteiger charge is -1.98. The predicted octanol–water partition coefficient (Wildman–Crippen LogP) is 2.78. The summed E-state index contributed by atoms with van der Waals surface area (Å²) < 4.78 is 1.54. The molecule has 0 radical (unpaired) electrons. The van der Waals surface area contributed by atoms with Gasteiger partial charge in [0.2, 0.25) is 5.13 Å². The first-order chi connectivity index (χ1) is 10.7. The van der Waals surface area contributed by atoms with Gasteiger partial charge in [0.1, 0.15) is 16.8 Å². The maximum Gasteiger partial charge on any atom is 0.234 e. The minimum absolute atomic E-state index is 0.260. The SMILES string of the molecule is Cc1ccc(/C=C/c2c(C#N)nnn2-c2nnc(C)s2)cc1. The molecule has 0 spiro atoms. The van der Waals surface area contributed by atoms with E-state index in [1.54, 1.807) is 0 Å². The maximum atomic E-state index is 9.19. The highest BCUT2D eigenvalue weighted by Crippen LogP contribution is 2.18. The van der Waals surface area contributed by atoms with E-state index >= 15 is 0 Å². The first-order valence-corrected chi connectivity index (χ1v) is 7.40. The van der Waals surface area contributed by atoms with Crippen molar-refractivity contribution in [3.05, 3.63) is 51.8 Å². The van der Waals surface area contributed by atoms with E-state index in [4.69, 9.17) is 0 Å². The number of aryl methyl sites for hydroxylation is 2. The average molecular weight is 308 g/mol. The molecule has 2 aromatic heterocycles. The van der Waals surface area contributed by atoms with Crippen molar-refractivity contribution in [2.24, 2.45) is 0 Å². The van der Waals surface area contributed by atoms with Gasteiger partial charge in [-0.25, -0.2) is 0 Å². The van der Waals surface area contributed by atoms with Crippen molar-refractivity contribution in [3.63, 3.8) is 0 Å². The van der Waals surface area contributed by atoms with Gasteiger partial charge in [0, 0.05) is 0 Å². The van der Waals surface area contributed by atoms with Crippen LogP contribution in [-0.4, -0.2) is 25.2 Å². The summed E-state index contributed by atoms with van der Waals surface area (Å²) in [6.07, 6.45) is 3.74. The molecule has 0 saturated heterocycles. The third kappa shape index (κ3) is 2.77. The van der Waals surface area contributed by atoms with Crippen LogP contribution >= 0.6 is 11.3 Å². The van der Waals surface area contributed by atoms with E-state index in [9.17, 15) is 5.26 Å². The molecule has 1 aromatic carbocycles. The predicted molar refractivity (Wildman–Crippen MR) is 84.4 cm³/mol. The standard InChI is InChI=1S/C15H12N6S/c1-10-3-5-12(6-4-10)7-8-14-13(9-16)18-20-21(14)15-19-17-11(2)22-15/h3-8H,1-2H3/b8-7+. The number of nitrogens with zero attached hydrogens (tertiary/aromatic N) is 6. The molecule has 0 saturated carbocycles. The molecule has 2 heterocycles. The van der Waals surface area contributed by atoms with E-state index < -0.39 is 0 Å². The van der Waals surface area contributed by atoms with Crippen LogP contribution in [0.25, 0.3) is 17.3 Å². The molecule has 0 aliphatic carbocycles. The second kappa shape index (κ2) is 5.87. The summed E-state index contributed by atoms with van der Waals surface area (Å²) >= 11 is 1.40. The van der Waals surface area contributed by atoms with E-state index in [1.807, 2.05) is 56.3 Å². The van der Waals surface area contributed by atoms with Crippen LogP contribution in [-0.2, 0) is 0 Å². The van der Waals surface area contributed by atoms with Gasteiger partial charge in [-0.15, -0.1) is 15.3 Å². The highest BCUT2D eigenvalue weighted by atomic mass is 32.1. The van der Waals surface area contributed by atoms with Crippen LogP contribution in [0.5, 0.6) is 0 Å². The maximum absolute atomic E-state index is 9.19. The fourth-order valence-corrected chi connectivity index (χ4v) is 2.53. The zero-order valence-corrected chi connectivity index (χ0v) is 12.9. The highest BCUT2D eigenvalue weighted by molar-refractivity contribution is 7.13. The molecule has 0 atom stereocenters. The Hall–Kier alpha value is -2.85. The number of hydrogen-bond donors (Lipinski definition) is 0. The van der Waals surface area contributed by atoms with E-state index in [-0.39, 0.29) is 5.69 Å². The average Bonchev–Trinajstić information content (AvgIpc) is 3.12. The minimum atomic E-state index is 0.260. The Morgan fingerprint density at radius 3 is 2.50 bits per heavy atom. The lowest BCUT2D eigenvalue weighted by atomic mass is 10.1. The Labute approximate surface area is 131 Å². The molecule has 3 rings (SSSR count). The number of rotatable bonds is 3. The number of hydrogen-bond acceptors (Lipinski definition) is 6. The molecule has 0 N–H and O–H groups in total. The Morgan fingerprint density at radius 1 is 1.09 bits per heavy atom. The van der Waals surface area contributed by atoms with E-state index in [1.165, 1.54) is 21.6 Å². The molecule has 0 amide bonds. The molecule has 3 aromatic rings. The topological polar surface area (TPSA) is 80.3 Å². The summed E-state index contributed by atoms with van der Waals surface area (Å²) in [5.41, 5.74) is 3.09. The Kier molecular flexibility index (Phi) is 3.76. The fourth-order valence-electron chi connectivity index (χ4n) is 1.88. The normalized spacial score (nSPS) is 11.0. The highest BCUT2D eigenvalue weighted by Gasteiger charge is 2.14. The first-order valence-electron chi connectivity index (χ1n) is 6.58. The molecule has 0 bridgehead atoms. The molecule has 0 aliphatic rings. The van der Waals surface area contributed by atoms with Crippen LogP contribution in [0.4, 0.5) is 0 Å². The summed E-state index contributed by atoms with van der Waals surface area (Å²) in [7, 11) is 0. The zero-order valence-electron chi connectivity index (χ0n) is 12.1. The van der Waals surface area contributed by atoms with Crippen molar-refractivity contribution in [1.29, 1.82) is 5.26 Å². The Bertz CT molecular complexity index is 866. The summed E-state index contributed by atoms with van der Waals surface area (Å²) in [6, 6.07) is 10.2. The Morgan fingerprint density at radius 2 is 1.86 bits per heavy atom. The van der Waals surface area contributed by atoms with Crippen molar-refractivity contribution in [2.75, 3.05) is 0 Å². The minimum Gasteiger partial charge on any atom is -0.191 e. The van der Waals surface area contributed by atoms with Crippen LogP contribution in [0.1, 0.15) is 27.5 Å². The van der Waals surface area contributed by atoms with E-state index in [0.717, 1.165) is 10.6 Å². The summed E-state index contributed by atoms with van der Waals surface area (Å²) in [6.45, 7) is 3.91. The van der Waals surface area contributed by atoms with Gasteiger partial charge >= 0.3 is 0 Å². The molecule has 22 heavy (non-hydrogen) atoms. The summed E-state index contributed by atoms with van der Waals surface area (Å²) in [5, 5.41) is 26.5. The van der Waals surface area contributed by atoms with Crippen LogP contribution in [0.3, 0.4) is 0 Å². The zero-order chi connectivity index (χ0) is 15.5.